The van der Waals surface area contributed by atoms with E-state index in [9.17, 15) is 4.79 Å². The summed E-state index contributed by atoms with van der Waals surface area (Å²) in [6, 6.07) is 10.9. The topological polar surface area (TPSA) is 60.1 Å². The van der Waals surface area contributed by atoms with Gasteiger partial charge in [0.05, 0.1) is 6.04 Å². The Morgan fingerprint density at radius 3 is 2.79 bits per heavy atom. The van der Waals surface area contributed by atoms with Crippen molar-refractivity contribution in [3.05, 3.63) is 61.4 Å². The number of hydrogen-bond donors (Lipinski definition) is 2. The molecule has 0 fully saturated rings. The van der Waals surface area contributed by atoms with E-state index in [4.69, 9.17) is 5.73 Å². The molecule has 0 aliphatic heterocycles. The first-order valence-corrected chi connectivity index (χ1v) is 6.11. The van der Waals surface area contributed by atoms with Gasteiger partial charge >= 0.3 is 0 Å². The molecular formula is C15H17N3O. The molecule has 2 aromatic rings. The van der Waals surface area contributed by atoms with Crippen molar-refractivity contribution in [3.63, 3.8) is 0 Å². The average Bonchev–Trinajstić information content (AvgIpc) is 2.93. The lowest BCUT2D eigenvalue weighted by molar-refractivity contribution is -0.117. The molecule has 4 heteroatoms. The highest BCUT2D eigenvalue weighted by molar-refractivity contribution is 5.94. The van der Waals surface area contributed by atoms with Crippen molar-refractivity contribution in [2.45, 2.75) is 12.5 Å². The quantitative estimate of drug-likeness (QED) is 0.805. The van der Waals surface area contributed by atoms with Gasteiger partial charge in [-0.15, -0.1) is 6.58 Å². The molecule has 3 N–H and O–H groups in total. The van der Waals surface area contributed by atoms with E-state index >= 15 is 0 Å². The van der Waals surface area contributed by atoms with Gasteiger partial charge in [-0.05, 0) is 36.8 Å². The molecule has 0 saturated carbocycles. The Kier molecular flexibility index (Phi) is 4.15. The van der Waals surface area contributed by atoms with Crippen molar-refractivity contribution in [1.82, 2.24) is 4.57 Å². The number of nitrogens with two attached hydrogens (primary N) is 1. The van der Waals surface area contributed by atoms with Crippen molar-refractivity contribution in [2.24, 2.45) is 5.73 Å². The average molecular weight is 255 g/mol. The third-order valence-corrected chi connectivity index (χ3v) is 2.77. The Bertz CT molecular complexity index is 561. The molecule has 1 amide bonds. The van der Waals surface area contributed by atoms with E-state index in [-0.39, 0.29) is 5.91 Å². The van der Waals surface area contributed by atoms with Crippen LogP contribution >= 0.6 is 0 Å². The minimum absolute atomic E-state index is 0.204. The van der Waals surface area contributed by atoms with Crippen LogP contribution in [0, 0.1) is 0 Å². The summed E-state index contributed by atoms with van der Waals surface area (Å²) in [6.07, 6.45) is 6.00. The minimum atomic E-state index is -0.562. The summed E-state index contributed by atoms with van der Waals surface area (Å²) in [5.41, 5.74) is 7.44. The van der Waals surface area contributed by atoms with Gasteiger partial charge in [0.1, 0.15) is 0 Å². The number of nitrogens with zero attached hydrogens (tertiary/aromatic N) is 1. The zero-order valence-electron chi connectivity index (χ0n) is 10.6. The van der Waals surface area contributed by atoms with Gasteiger partial charge in [0, 0.05) is 23.8 Å². The van der Waals surface area contributed by atoms with E-state index in [1.807, 2.05) is 53.4 Å². The van der Waals surface area contributed by atoms with Gasteiger partial charge in [0.15, 0.2) is 0 Å². The van der Waals surface area contributed by atoms with E-state index in [1.54, 1.807) is 6.08 Å². The molecule has 19 heavy (non-hydrogen) atoms. The lowest BCUT2D eigenvalue weighted by Crippen LogP contribution is -2.35. The molecule has 2 rings (SSSR count). The normalized spacial score (nSPS) is 11.8. The maximum Gasteiger partial charge on any atom is 0.241 e. The van der Waals surface area contributed by atoms with Gasteiger partial charge in [0.25, 0.3) is 0 Å². The smallest absolute Gasteiger partial charge is 0.241 e. The molecule has 0 radical (unpaired) electrons. The van der Waals surface area contributed by atoms with Crippen LogP contribution in [-0.4, -0.2) is 16.5 Å². The zero-order valence-corrected chi connectivity index (χ0v) is 10.6. The fourth-order valence-corrected chi connectivity index (χ4v) is 1.77. The summed E-state index contributed by atoms with van der Waals surface area (Å²) in [7, 11) is 0. The van der Waals surface area contributed by atoms with Crippen LogP contribution in [0.3, 0.4) is 0 Å². The molecule has 0 spiro atoms. The largest absolute Gasteiger partial charge is 0.325 e. The second kappa shape index (κ2) is 6.02. The van der Waals surface area contributed by atoms with Crippen molar-refractivity contribution in [3.8, 4) is 5.69 Å². The predicted molar refractivity (Wildman–Crippen MR) is 77.2 cm³/mol. The first kappa shape index (κ1) is 13.1. The Morgan fingerprint density at radius 1 is 1.37 bits per heavy atom. The molecular weight excluding hydrogens is 238 g/mol. The number of nitrogens with one attached hydrogen (secondary N) is 1. The Morgan fingerprint density at radius 2 is 2.11 bits per heavy atom. The van der Waals surface area contributed by atoms with Crippen LogP contribution in [0.2, 0.25) is 0 Å². The second-order valence-electron chi connectivity index (χ2n) is 4.26. The fraction of sp³-hybridized carbons (Fsp3) is 0.133. The first-order valence-electron chi connectivity index (χ1n) is 6.11. The van der Waals surface area contributed by atoms with Gasteiger partial charge in [-0.25, -0.2) is 0 Å². The maximum absolute atomic E-state index is 11.8. The summed E-state index contributed by atoms with van der Waals surface area (Å²) in [5.74, 6) is -0.204. The third kappa shape index (κ3) is 3.33. The minimum Gasteiger partial charge on any atom is -0.325 e. The van der Waals surface area contributed by atoms with E-state index in [0.29, 0.717) is 6.42 Å². The Labute approximate surface area is 112 Å². The van der Waals surface area contributed by atoms with Crippen LogP contribution in [0.4, 0.5) is 5.69 Å². The van der Waals surface area contributed by atoms with Gasteiger partial charge < -0.3 is 15.6 Å². The summed E-state index contributed by atoms with van der Waals surface area (Å²) < 4.78 is 1.97. The fourth-order valence-electron chi connectivity index (χ4n) is 1.77. The molecule has 4 nitrogen and oxygen atoms in total. The number of hydrogen-bond acceptors (Lipinski definition) is 2. The molecule has 1 atom stereocenters. The van der Waals surface area contributed by atoms with Crippen LogP contribution < -0.4 is 11.1 Å². The van der Waals surface area contributed by atoms with Crippen LogP contribution in [-0.2, 0) is 4.79 Å². The van der Waals surface area contributed by atoms with Gasteiger partial charge in [-0.1, -0.05) is 12.1 Å². The molecule has 1 aromatic heterocycles. The number of carbonyl (C=O) groups is 1. The Balaban J connectivity index is 2.11. The summed E-state index contributed by atoms with van der Waals surface area (Å²) in [4.78, 5) is 11.8. The highest BCUT2D eigenvalue weighted by atomic mass is 16.2. The van der Waals surface area contributed by atoms with Crippen LogP contribution in [0.15, 0.2) is 61.4 Å². The van der Waals surface area contributed by atoms with Gasteiger partial charge in [-0.2, -0.15) is 0 Å². The lowest BCUT2D eigenvalue weighted by atomic mass is 10.2. The highest BCUT2D eigenvalue weighted by Crippen LogP contribution is 2.15. The van der Waals surface area contributed by atoms with Gasteiger partial charge in [0.2, 0.25) is 5.91 Å². The van der Waals surface area contributed by atoms with Crippen LogP contribution in [0.5, 0.6) is 0 Å². The van der Waals surface area contributed by atoms with Crippen molar-refractivity contribution in [1.29, 1.82) is 0 Å². The van der Waals surface area contributed by atoms with Crippen LogP contribution in [0.25, 0.3) is 5.69 Å². The van der Waals surface area contributed by atoms with Crippen molar-refractivity contribution in [2.75, 3.05) is 5.32 Å². The molecule has 1 heterocycles. The Hall–Kier alpha value is -2.33. The van der Waals surface area contributed by atoms with Crippen molar-refractivity contribution < 1.29 is 4.79 Å². The number of amides is 1. The second-order valence-corrected chi connectivity index (χ2v) is 4.26. The number of benzene rings is 1. The van der Waals surface area contributed by atoms with Gasteiger partial charge in [-0.3, -0.25) is 4.79 Å². The molecule has 0 bridgehead atoms. The van der Waals surface area contributed by atoms with E-state index in [2.05, 4.69) is 11.9 Å². The lowest BCUT2D eigenvalue weighted by Gasteiger charge is -2.11. The van der Waals surface area contributed by atoms with E-state index in [1.165, 1.54) is 0 Å². The zero-order chi connectivity index (χ0) is 13.7. The molecule has 1 unspecified atom stereocenters. The standard InChI is InChI=1S/C15H17N3O/c1-2-6-14(16)15(19)17-12-7-5-8-13(11-12)18-9-3-4-10-18/h2-5,7-11,14H,1,6,16H2,(H,17,19). The first-order chi connectivity index (χ1) is 9.20. The number of anilines is 1. The molecule has 98 valence electrons. The number of rotatable bonds is 5. The predicted octanol–water partition coefficient (Wildman–Crippen LogP) is 2.32. The number of aromatic nitrogens is 1. The van der Waals surface area contributed by atoms with Crippen LogP contribution in [0.1, 0.15) is 6.42 Å². The molecule has 1 aromatic carbocycles. The summed E-state index contributed by atoms with van der Waals surface area (Å²) in [6.45, 7) is 3.57. The SMILES string of the molecule is C=CCC(N)C(=O)Nc1cccc(-n2cccc2)c1. The monoisotopic (exact) mass is 255 g/mol. The maximum atomic E-state index is 11.8. The molecule has 0 aliphatic rings. The number of carbonyl (C=O) groups excluding carboxylic acids is 1. The summed E-state index contributed by atoms with van der Waals surface area (Å²) in [5, 5.41) is 2.80. The third-order valence-electron chi connectivity index (χ3n) is 2.77. The highest BCUT2D eigenvalue weighted by Gasteiger charge is 2.11. The van der Waals surface area contributed by atoms with Crippen molar-refractivity contribution >= 4 is 11.6 Å². The molecule has 0 saturated heterocycles. The van der Waals surface area contributed by atoms with E-state index < -0.39 is 6.04 Å². The summed E-state index contributed by atoms with van der Waals surface area (Å²) >= 11 is 0. The molecule has 0 aliphatic carbocycles. The van der Waals surface area contributed by atoms with E-state index in [0.717, 1.165) is 11.4 Å².